The maximum atomic E-state index is 14.3. The molecule has 0 saturated carbocycles. The van der Waals surface area contributed by atoms with Crippen LogP contribution in [0.5, 0.6) is 5.75 Å². The molecule has 5 amide bonds. The topological polar surface area (TPSA) is 275 Å². The largest absolute Gasteiger partial charge is 0.495 e. The second-order valence-electron chi connectivity index (χ2n) is 18.9. The zero-order valence-corrected chi connectivity index (χ0v) is 44.5. The number of carbonyl (C=O) groups excluding carboxylic acids is 7. The van der Waals surface area contributed by atoms with Gasteiger partial charge in [-0.25, -0.2) is 14.4 Å². The summed E-state index contributed by atoms with van der Waals surface area (Å²) in [7, 11) is 3.28. The van der Waals surface area contributed by atoms with E-state index in [0.717, 1.165) is 21.9 Å². The maximum Gasteiger partial charge on any atom is 0.409 e. The number of allylic oxidation sites excluding steroid dienone is 3. The van der Waals surface area contributed by atoms with E-state index in [9.17, 15) is 51.6 Å². The third-order valence-corrected chi connectivity index (χ3v) is 17.9. The summed E-state index contributed by atoms with van der Waals surface area (Å²) in [6.07, 6.45) is -0.390. The number of benzene rings is 1. The summed E-state index contributed by atoms with van der Waals surface area (Å²) >= 11 is 6.80. The quantitative estimate of drug-likeness (QED) is 0.0505. The number of ether oxygens (including phenoxy) is 5. The number of carbonyl (C=O) groups is 7. The Morgan fingerprint density at radius 1 is 1.10 bits per heavy atom. The molecule has 0 aliphatic carbocycles. The average molecular weight is 1080 g/mol. The smallest absolute Gasteiger partial charge is 0.409 e. The van der Waals surface area contributed by atoms with Crippen LogP contribution in [0, 0.1) is 5.92 Å². The van der Waals surface area contributed by atoms with Gasteiger partial charge in [0.2, 0.25) is 11.8 Å². The molecule has 1 unspecified atom stereocenters. The first-order valence-electron chi connectivity index (χ1n) is 22.7. The Labute approximate surface area is 426 Å². The third kappa shape index (κ3) is 14.0. The molecule has 4 aliphatic heterocycles. The molecule has 25 heteroatoms. The Kier molecular flexibility index (Phi) is 18.8. The summed E-state index contributed by atoms with van der Waals surface area (Å²) in [5.41, 5.74) is -1.27. The molecule has 0 aromatic heterocycles. The van der Waals surface area contributed by atoms with E-state index in [1.54, 1.807) is 38.1 Å². The number of methoxy groups -OCH3 is 2. The molecule has 394 valence electrons. The number of amides is 5. The van der Waals surface area contributed by atoms with Crippen molar-refractivity contribution in [3.63, 3.8) is 0 Å². The summed E-state index contributed by atoms with van der Waals surface area (Å²) in [5, 5.41) is 12.6. The molecule has 1 aromatic rings. The fourth-order valence-corrected chi connectivity index (χ4v) is 12.2. The summed E-state index contributed by atoms with van der Waals surface area (Å²) < 4.78 is 62.5. The predicted octanol–water partition coefficient (Wildman–Crippen LogP) is 4.71. The maximum absolute atomic E-state index is 14.3. The van der Waals surface area contributed by atoms with E-state index in [1.165, 1.54) is 55.8 Å². The van der Waals surface area contributed by atoms with Crippen LogP contribution in [-0.4, -0.2) is 156 Å². The number of fused-ring (bicyclic) bond motifs is 5. The van der Waals surface area contributed by atoms with Gasteiger partial charge in [-0.05, 0) is 71.6 Å². The number of imide groups is 1. The number of halogens is 1. The third-order valence-electron chi connectivity index (χ3n) is 13.0. The van der Waals surface area contributed by atoms with Gasteiger partial charge in [0.25, 0.3) is 21.9 Å². The fourth-order valence-electron chi connectivity index (χ4n) is 8.40. The molecule has 21 nitrogen and oxygen atoms in total. The molecule has 0 radical (unpaired) electrons. The van der Waals surface area contributed by atoms with Crippen molar-refractivity contribution < 1.29 is 80.2 Å². The van der Waals surface area contributed by atoms with Crippen molar-refractivity contribution in [2.45, 2.75) is 145 Å². The van der Waals surface area contributed by atoms with E-state index in [0.29, 0.717) is 17.9 Å². The van der Waals surface area contributed by atoms with Crippen LogP contribution in [0.2, 0.25) is 5.02 Å². The number of hydrogen-bond donors (Lipinski definition) is 3. The molecule has 3 saturated heterocycles. The minimum atomic E-state index is -4.97. The lowest BCUT2D eigenvalue weighted by Gasteiger charge is -2.42. The van der Waals surface area contributed by atoms with Gasteiger partial charge in [-0.3, -0.25) is 29.0 Å². The van der Waals surface area contributed by atoms with Crippen molar-refractivity contribution in [2.24, 2.45) is 5.92 Å². The molecule has 9 atom stereocenters. The lowest BCUT2D eigenvalue weighted by molar-refractivity contribution is -0.197. The molecule has 4 aliphatic rings. The average Bonchev–Trinajstić information content (AvgIpc) is 3.90. The normalized spacial score (nSPS) is 28.4. The van der Waals surface area contributed by atoms with Crippen LogP contribution in [0.1, 0.15) is 92.1 Å². The lowest BCUT2D eigenvalue weighted by Crippen LogP contribution is -2.63. The Balaban J connectivity index is 1.29. The highest BCUT2D eigenvalue weighted by molar-refractivity contribution is 8.77. The Hall–Kier alpha value is -4.43. The number of likely N-dealkylation sites (N-methyl/N-ethyl adjacent to an activating group) is 1. The van der Waals surface area contributed by atoms with E-state index >= 15 is 0 Å². The first kappa shape index (κ1) is 57.5. The number of alkyl carbamates (subject to hydrolysis) is 1. The number of aliphatic hydroxyl groups is 1. The number of hydroxylamine groups is 2. The van der Waals surface area contributed by atoms with E-state index in [-0.39, 0.29) is 47.9 Å². The molecule has 4 bridgehead atoms. The van der Waals surface area contributed by atoms with Gasteiger partial charge < -0.3 is 43.4 Å². The van der Waals surface area contributed by atoms with Gasteiger partial charge in [-0.2, -0.15) is 8.42 Å². The minimum Gasteiger partial charge on any atom is -0.495 e. The highest BCUT2D eigenvalue weighted by atomic mass is 35.5. The molecule has 5 rings (SSSR count). The number of anilines is 1. The van der Waals surface area contributed by atoms with E-state index in [4.69, 9.17) is 40.1 Å². The highest BCUT2D eigenvalue weighted by Crippen LogP contribution is 2.49. The monoisotopic (exact) mass is 1070 g/mol. The van der Waals surface area contributed by atoms with E-state index in [1.807, 2.05) is 26.8 Å². The SMILES string of the molecule is COc1cc2cc(c1Cl)N(C)C(=O)C[C@H](OC(=O)[C@H](C)N(C)C(=O)CCC(C)(C)SSCCC(C(=O)ON1C(=O)CCC1=O)S(=O)(=O)O)[C@]1(C)O[C@H]1[C@H](C)[C@@H]1C[C@@](O)(NC(=O)O1)[C@H](OC)/C=C\C=C(\C)C2. The zero-order chi connectivity index (χ0) is 53.0. The summed E-state index contributed by atoms with van der Waals surface area (Å²) in [5.74, 6) is -5.17. The van der Waals surface area contributed by atoms with E-state index in [2.05, 4.69) is 5.32 Å². The summed E-state index contributed by atoms with van der Waals surface area (Å²) in [6, 6.07) is 2.34. The number of hydrogen-bond acceptors (Lipinski definition) is 18. The molecule has 1 aromatic carbocycles. The molecule has 0 spiro atoms. The van der Waals surface area contributed by atoms with Crippen LogP contribution >= 0.6 is 33.2 Å². The van der Waals surface area contributed by atoms with E-state index < -0.39 is 122 Å². The number of rotatable bonds is 16. The van der Waals surface area contributed by atoms with Crippen LogP contribution < -0.4 is 15.0 Å². The molecule has 71 heavy (non-hydrogen) atoms. The van der Waals surface area contributed by atoms with Crippen LogP contribution in [-0.2, 0) is 69.1 Å². The standard InChI is InChI=1S/C46H63ClN4O17S3/c1-25-12-11-13-33(64-10)46(59)24-31(65-43(58)48-46)26(2)40-45(6,67-40)34(23-38(55)50(8)29-21-28(20-25)22-30(63-9)39(29)47)66-41(56)27(3)49(7)35(52)16-18-44(4,5)70-69-19-17-32(71(60,61)62)42(57)68-51-36(53)14-15-37(51)54/h11-13,21-22,26-27,31-34,40,59H,14-20,23-24H2,1-10H3,(H,48,58)(H,60,61,62)/b13-11-,25-12-/t26-,27+,31+,32?,33-,34+,40+,45+,46+/m1/s1. The summed E-state index contributed by atoms with van der Waals surface area (Å²) in [6.45, 7) is 10.4. The highest BCUT2D eigenvalue weighted by Gasteiger charge is 2.64. The lowest BCUT2D eigenvalue weighted by atomic mass is 9.83. The predicted molar refractivity (Wildman–Crippen MR) is 261 cm³/mol. The Bertz CT molecular complexity index is 2410. The van der Waals surface area contributed by atoms with Gasteiger partial charge in [0.1, 0.15) is 40.7 Å². The van der Waals surface area contributed by atoms with Gasteiger partial charge >= 0.3 is 18.0 Å². The second kappa shape index (κ2) is 23.2. The zero-order valence-electron chi connectivity index (χ0n) is 41.3. The van der Waals surface area contributed by atoms with Crippen molar-refractivity contribution in [1.29, 1.82) is 0 Å². The van der Waals surface area contributed by atoms with Crippen molar-refractivity contribution in [2.75, 3.05) is 39.0 Å². The van der Waals surface area contributed by atoms with Crippen molar-refractivity contribution in [3.8, 4) is 5.75 Å². The molecule has 3 fully saturated rings. The van der Waals surface area contributed by atoms with Crippen LogP contribution in [0.15, 0.2) is 35.9 Å². The summed E-state index contributed by atoms with van der Waals surface area (Å²) in [4.78, 5) is 98.6. The van der Waals surface area contributed by atoms with Gasteiger partial charge in [0.05, 0.1) is 25.3 Å². The minimum absolute atomic E-state index is 0.00994. The Morgan fingerprint density at radius 3 is 2.38 bits per heavy atom. The van der Waals surface area contributed by atoms with Gasteiger partial charge in [0, 0.05) is 63.3 Å². The van der Waals surface area contributed by atoms with Crippen molar-refractivity contribution in [1.82, 2.24) is 15.3 Å². The van der Waals surface area contributed by atoms with Crippen LogP contribution in [0.25, 0.3) is 0 Å². The molecule has 4 heterocycles. The van der Waals surface area contributed by atoms with Crippen molar-refractivity contribution in [3.05, 3.63) is 46.5 Å². The van der Waals surface area contributed by atoms with Gasteiger partial charge in [-0.1, -0.05) is 63.9 Å². The first-order valence-corrected chi connectivity index (χ1v) is 26.9. The number of nitrogens with zero attached hydrogens (tertiary/aromatic N) is 3. The van der Waals surface area contributed by atoms with Gasteiger partial charge in [-0.15, -0.1) is 5.06 Å². The fraction of sp³-hybridized carbons (Fsp3) is 0.630. The molecular weight excluding hydrogens is 1010 g/mol. The Morgan fingerprint density at radius 2 is 1.76 bits per heavy atom. The number of epoxide rings is 1. The van der Waals surface area contributed by atoms with Crippen LogP contribution in [0.4, 0.5) is 10.5 Å². The molecular formula is C46H63ClN4O17S3. The second-order valence-corrected chi connectivity index (χ2v) is 24.0. The number of esters is 1. The van der Waals surface area contributed by atoms with Crippen molar-refractivity contribution >= 4 is 90.7 Å². The number of nitrogens with one attached hydrogen (secondary N) is 1. The van der Waals surface area contributed by atoms with Gasteiger partial charge in [0.15, 0.2) is 11.0 Å². The first-order chi connectivity index (χ1) is 33.0. The molecule has 3 N–H and O–H groups in total. The van der Waals surface area contributed by atoms with Crippen LogP contribution in [0.3, 0.4) is 0 Å².